The summed E-state index contributed by atoms with van der Waals surface area (Å²) in [4.78, 5) is 4.17. The number of pyridine rings is 1. The van der Waals surface area contributed by atoms with Crippen molar-refractivity contribution in [2.45, 2.75) is 44.4 Å². The first kappa shape index (κ1) is 16.9. The molecule has 0 atom stereocenters. The highest BCUT2D eigenvalue weighted by Crippen LogP contribution is 2.18. The minimum absolute atomic E-state index is 0.229. The smallest absolute Gasteiger partial charge is 0.243 e. The zero-order valence-corrected chi connectivity index (χ0v) is 13.0. The molecule has 7 heteroatoms. The maximum Gasteiger partial charge on any atom is 0.243 e. The van der Waals surface area contributed by atoms with Crippen molar-refractivity contribution in [2.75, 3.05) is 18.5 Å². The summed E-state index contributed by atoms with van der Waals surface area (Å²) in [6.45, 7) is 5.19. The van der Waals surface area contributed by atoms with Crippen molar-refractivity contribution in [1.82, 2.24) is 9.29 Å². The summed E-state index contributed by atoms with van der Waals surface area (Å²) in [5, 5.41) is 0. The molecule has 0 aliphatic carbocycles. The number of nitrogens with two attached hydrogens (primary N) is 1. The normalized spacial score (nSPS) is 11.8. The molecule has 1 heterocycles. The van der Waals surface area contributed by atoms with Gasteiger partial charge in [0.05, 0.1) is 4.90 Å². The Morgan fingerprint density at radius 1 is 1.25 bits per heavy atom. The summed E-state index contributed by atoms with van der Waals surface area (Å²) in [5.74, 6) is 5.62. The van der Waals surface area contributed by atoms with Crippen LogP contribution in [0.15, 0.2) is 23.2 Å². The lowest BCUT2D eigenvalue weighted by molar-refractivity contribution is 0.395. The van der Waals surface area contributed by atoms with E-state index in [1.807, 2.05) is 13.8 Å². The summed E-state index contributed by atoms with van der Waals surface area (Å²) < 4.78 is 26.8. The topological polar surface area (TPSA) is 88.3 Å². The molecule has 0 aliphatic rings. The van der Waals surface area contributed by atoms with E-state index in [4.69, 9.17) is 5.84 Å². The summed E-state index contributed by atoms with van der Waals surface area (Å²) >= 11 is 0. The molecule has 0 radical (unpaired) electrons. The van der Waals surface area contributed by atoms with Crippen molar-refractivity contribution in [3.63, 3.8) is 0 Å². The number of hydrazine groups is 1. The minimum atomic E-state index is -3.48. The quantitative estimate of drug-likeness (QED) is 0.537. The molecule has 114 valence electrons. The molecular formula is C13H24N4O2S. The van der Waals surface area contributed by atoms with Crippen LogP contribution in [0.5, 0.6) is 0 Å². The second-order valence-corrected chi connectivity index (χ2v) is 6.57. The number of aromatic nitrogens is 1. The summed E-state index contributed by atoms with van der Waals surface area (Å²) in [5.41, 5.74) is 2.37. The van der Waals surface area contributed by atoms with Gasteiger partial charge in [0.2, 0.25) is 10.0 Å². The van der Waals surface area contributed by atoms with Crippen molar-refractivity contribution in [2.24, 2.45) is 5.84 Å². The third kappa shape index (κ3) is 4.43. The lowest BCUT2D eigenvalue weighted by atomic mass is 10.3. The molecule has 0 aromatic carbocycles. The van der Waals surface area contributed by atoms with Crippen LogP contribution in [-0.4, -0.2) is 30.8 Å². The van der Waals surface area contributed by atoms with Crippen LogP contribution < -0.4 is 11.3 Å². The molecule has 0 saturated carbocycles. The zero-order valence-electron chi connectivity index (χ0n) is 12.2. The van der Waals surface area contributed by atoms with E-state index >= 15 is 0 Å². The van der Waals surface area contributed by atoms with Crippen molar-refractivity contribution in [3.8, 4) is 0 Å². The van der Waals surface area contributed by atoms with E-state index in [0.29, 0.717) is 18.9 Å². The number of nitrogens with zero attached hydrogens (tertiary/aromatic N) is 2. The Balaban J connectivity index is 3.00. The first-order valence-electron chi connectivity index (χ1n) is 6.99. The van der Waals surface area contributed by atoms with Crippen LogP contribution >= 0.6 is 0 Å². The molecule has 1 aromatic rings. The van der Waals surface area contributed by atoms with Crippen LogP contribution in [0.3, 0.4) is 0 Å². The average Bonchev–Trinajstić information content (AvgIpc) is 2.47. The van der Waals surface area contributed by atoms with E-state index in [-0.39, 0.29) is 4.90 Å². The Bertz CT molecular complexity index is 497. The maximum atomic E-state index is 12.6. The molecule has 0 bridgehead atoms. The van der Waals surface area contributed by atoms with Crippen LogP contribution in [0.1, 0.15) is 39.5 Å². The zero-order chi connectivity index (χ0) is 15.0. The molecule has 0 spiro atoms. The van der Waals surface area contributed by atoms with Gasteiger partial charge in [0.1, 0.15) is 5.82 Å². The van der Waals surface area contributed by atoms with Gasteiger partial charge in [-0.15, -0.1) is 0 Å². The number of unbranched alkanes of at least 4 members (excludes halogenated alkanes) is 2. The highest BCUT2D eigenvalue weighted by molar-refractivity contribution is 7.89. The summed E-state index contributed by atoms with van der Waals surface area (Å²) in [6, 6.07) is 2.96. The Morgan fingerprint density at radius 2 is 1.85 bits per heavy atom. The van der Waals surface area contributed by atoms with Gasteiger partial charge >= 0.3 is 0 Å². The van der Waals surface area contributed by atoms with Crippen molar-refractivity contribution >= 4 is 15.8 Å². The largest absolute Gasteiger partial charge is 0.308 e. The molecule has 0 unspecified atom stereocenters. The molecule has 0 fully saturated rings. The van der Waals surface area contributed by atoms with Crippen molar-refractivity contribution in [3.05, 3.63) is 18.3 Å². The van der Waals surface area contributed by atoms with Gasteiger partial charge in [-0.25, -0.2) is 19.2 Å². The monoisotopic (exact) mass is 300 g/mol. The van der Waals surface area contributed by atoms with E-state index < -0.39 is 10.0 Å². The number of hydrogen-bond donors (Lipinski definition) is 2. The third-order valence-electron chi connectivity index (χ3n) is 3.04. The van der Waals surface area contributed by atoms with E-state index in [1.54, 1.807) is 4.31 Å². The molecule has 6 nitrogen and oxygen atoms in total. The molecular weight excluding hydrogens is 276 g/mol. The van der Waals surface area contributed by atoms with Gasteiger partial charge in [-0.05, 0) is 18.9 Å². The van der Waals surface area contributed by atoms with Crippen LogP contribution in [0.4, 0.5) is 5.82 Å². The van der Waals surface area contributed by atoms with Gasteiger partial charge in [-0.1, -0.05) is 26.7 Å². The van der Waals surface area contributed by atoms with E-state index in [2.05, 4.69) is 10.4 Å². The second-order valence-electron chi connectivity index (χ2n) is 4.63. The standard InChI is InChI=1S/C13H24N4O2S/c1-3-5-9-17(10-6-4-2)20(18,19)12-7-8-15-13(11-12)16-14/h7-8,11H,3-6,9-10,14H2,1-2H3,(H,15,16). The first-order chi connectivity index (χ1) is 9.56. The fraction of sp³-hybridized carbons (Fsp3) is 0.615. The van der Waals surface area contributed by atoms with Crippen LogP contribution in [-0.2, 0) is 10.0 Å². The molecule has 0 saturated heterocycles. The Labute approximate surface area is 121 Å². The van der Waals surface area contributed by atoms with Crippen molar-refractivity contribution < 1.29 is 8.42 Å². The summed E-state index contributed by atoms with van der Waals surface area (Å²) in [6.07, 6.45) is 5.08. The molecule has 3 N–H and O–H groups in total. The SMILES string of the molecule is CCCCN(CCCC)S(=O)(=O)c1ccnc(NN)c1. The number of nitrogens with one attached hydrogen (secondary N) is 1. The first-order valence-corrected chi connectivity index (χ1v) is 8.43. The average molecular weight is 300 g/mol. The summed E-state index contributed by atoms with van der Waals surface area (Å²) in [7, 11) is -3.48. The predicted octanol–water partition coefficient (Wildman–Crippen LogP) is 1.96. The fourth-order valence-corrected chi connectivity index (χ4v) is 3.35. The van der Waals surface area contributed by atoms with Gasteiger partial charge in [0.15, 0.2) is 0 Å². The predicted molar refractivity (Wildman–Crippen MR) is 80.6 cm³/mol. The number of rotatable bonds is 9. The number of nitrogen functional groups attached to an aromatic ring is 1. The van der Waals surface area contributed by atoms with Gasteiger partial charge < -0.3 is 5.43 Å². The van der Waals surface area contributed by atoms with Gasteiger partial charge in [0, 0.05) is 25.4 Å². The number of anilines is 1. The molecule has 0 aliphatic heterocycles. The van der Waals surface area contributed by atoms with Gasteiger partial charge in [-0.3, -0.25) is 0 Å². The van der Waals surface area contributed by atoms with Gasteiger partial charge in [0.25, 0.3) is 0 Å². The molecule has 20 heavy (non-hydrogen) atoms. The highest BCUT2D eigenvalue weighted by Gasteiger charge is 2.23. The van der Waals surface area contributed by atoms with Crippen molar-refractivity contribution in [1.29, 1.82) is 0 Å². The number of sulfonamides is 1. The lowest BCUT2D eigenvalue weighted by Gasteiger charge is -2.22. The molecule has 1 aromatic heterocycles. The third-order valence-corrected chi connectivity index (χ3v) is 4.93. The van der Waals surface area contributed by atoms with Crippen LogP contribution in [0.2, 0.25) is 0 Å². The van der Waals surface area contributed by atoms with Gasteiger partial charge in [-0.2, -0.15) is 4.31 Å². The second kappa shape index (κ2) is 8.18. The highest BCUT2D eigenvalue weighted by atomic mass is 32.2. The van der Waals surface area contributed by atoms with E-state index in [1.165, 1.54) is 18.3 Å². The molecule has 1 rings (SSSR count). The minimum Gasteiger partial charge on any atom is -0.308 e. The lowest BCUT2D eigenvalue weighted by Crippen LogP contribution is -2.33. The molecule has 0 amide bonds. The Hall–Kier alpha value is -1.18. The maximum absolute atomic E-state index is 12.6. The van der Waals surface area contributed by atoms with E-state index in [0.717, 1.165) is 25.7 Å². The van der Waals surface area contributed by atoms with Crippen LogP contribution in [0, 0.1) is 0 Å². The van der Waals surface area contributed by atoms with Crippen LogP contribution in [0.25, 0.3) is 0 Å². The van der Waals surface area contributed by atoms with E-state index in [9.17, 15) is 8.42 Å². The number of hydrogen-bond acceptors (Lipinski definition) is 5. The Morgan fingerprint density at radius 3 is 2.35 bits per heavy atom. The fourth-order valence-electron chi connectivity index (χ4n) is 1.82. The Kier molecular flexibility index (Phi) is 6.90.